The van der Waals surface area contributed by atoms with Crippen LogP contribution in [0, 0.1) is 19.8 Å². The maximum Gasteiger partial charge on any atom is 0.329 e. The average Bonchev–Trinajstić information content (AvgIpc) is 3.62. The second-order valence-corrected chi connectivity index (χ2v) is 15.3. The number of pyridine rings is 1. The minimum Gasteiger partial charge on any atom is -0.496 e. The van der Waals surface area contributed by atoms with Crippen LogP contribution in [-0.4, -0.2) is 72.0 Å². The molecule has 0 aliphatic carbocycles. The van der Waals surface area contributed by atoms with Crippen molar-refractivity contribution in [3.63, 3.8) is 0 Å². The van der Waals surface area contributed by atoms with Crippen LogP contribution in [0.3, 0.4) is 0 Å². The van der Waals surface area contributed by atoms with Crippen molar-refractivity contribution in [3.8, 4) is 22.6 Å². The Hall–Kier alpha value is -5.62. The number of benzene rings is 3. The van der Waals surface area contributed by atoms with Crippen molar-refractivity contribution in [1.29, 1.82) is 0 Å². The highest BCUT2D eigenvalue weighted by Gasteiger charge is 2.29. The molecule has 0 saturated carbocycles. The Balaban J connectivity index is 0.917. The molecule has 3 aliphatic rings. The van der Waals surface area contributed by atoms with Gasteiger partial charge in [-0.1, -0.05) is 18.2 Å². The van der Waals surface area contributed by atoms with E-state index in [0.717, 1.165) is 108 Å². The second kappa shape index (κ2) is 14.9. The molecular weight excluding hydrogens is 695 g/mol. The fraction of sp³-hybridized carbons (Fsp3) is 0.395. The van der Waals surface area contributed by atoms with Crippen LogP contribution < -0.4 is 30.1 Å². The lowest BCUT2D eigenvalue weighted by atomic mass is 9.85. The number of aromatic nitrogens is 3. The summed E-state index contributed by atoms with van der Waals surface area (Å²) in [5.41, 5.74) is 11.1. The number of nitrogens with zero attached hydrogens (tertiary/aromatic N) is 5. The molecule has 0 bridgehead atoms. The number of ether oxygens (including phenoxy) is 2. The normalized spacial score (nSPS) is 16.7. The molecule has 12 nitrogen and oxygen atoms in total. The minimum absolute atomic E-state index is 0.0138. The summed E-state index contributed by atoms with van der Waals surface area (Å²) in [7, 11) is 5.21. The summed E-state index contributed by atoms with van der Waals surface area (Å²) in [4.78, 5) is 43.0. The average molecular weight is 744 g/mol. The second-order valence-electron chi connectivity index (χ2n) is 15.3. The predicted molar refractivity (Wildman–Crippen MR) is 214 cm³/mol. The first-order valence-corrected chi connectivity index (χ1v) is 19.2. The highest BCUT2D eigenvalue weighted by Crippen LogP contribution is 2.39. The lowest BCUT2D eigenvalue weighted by Crippen LogP contribution is -2.49. The number of carbonyl (C=O) groups excluding carboxylic acids is 2. The number of H-pyrrole nitrogens is 1. The van der Waals surface area contributed by atoms with Crippen molar-refractivity contribution < 1.29 is 19.1 Å². The minimum atomic E-state index is -0.429. The number of hydrogen-bond donors (Lipinski definition) is 2. The Bertz CT molecular complexity index is 2330. The van der Waals surface area contributed by atoms with E-state index in [1.165, 1.54) is 21.6 Å². The van der Waals surface area contributed by atoms with E-state index >= 15 is 0 Å². The highest BCUT2D eigenvalue weighted by molar-refractivity contribution is 6.09. The highest BCUT2D eigenvalue weighted by atomic mass is 16.5. The number of imide groups is 1. The van der Waals surface area contributed by atoms with Crippen LogP contribution >= 0.6 is 0 Å². The molecule has 3 aliphatic heterocycles. The summed E-state index contributed by atoms with van der Waals surface area (Å²) >= 11 is 0. The molecule has 2 saturated heterocycles. The first kappa shape index (κ1) is 36.4. The molecule has 0 atom stereocenters. The number of nitrogens with one attached hydrogen (secondary N) is 2. The predicted octanol–water partition coefficient (Wildman–Crippen LogP) is 6.03. The van der Waals surface area contributed by atoms with Crippen molar-refractivity contribution in [2.24, 2.45) is 13.0 Å². The smallest absolute Gasteiger partial charge is 0.329 e. The standard InChI is InChI=1S/C43H49N7O5/c1-26-27(2)42(52)47(3)24-35(26)31-20-38(54-4)36(39(21-31)55-5)25-48-15-13-33-29(7-6-8-30(33)23-48)19-28-11-16-49(17-12-28)32-9-10-34-37(22-32)45-46-41(34)50-18-14-40(51)44-43(50)53/h6-10,20-22,24,28H,11-19,23,25H2,1-5H3,(H,45,46)(H,44,51,53). The number of aromatic amines is 1. The maximum absolute atomic E-state index is 12.5. The van der Waals surface area contributed by atoms with Crippen LogP contribution in [0.5, 0.6) is 11.5 Å². The van der Waals surface area contributed by atoms with Gasteiger partial charge in [-0.15, -0.1) is 0 Å². The van der Waals surface area contributed by atoms with Gasteiger partial charge in [0.15, 0.2) is 5.82 Å². The van der Waals surface area contributed by atoms with Crippen LogP contribution in [0.15, 0.2) is 59.5 Å². The Morgan fingerprint density at radius 3 is 2.38 bits per heavy atom. The molecule has 2 fully saturated rings. The van der Waals surface area contributed by atoms with Crippen LogP contribution in [0.25, 0.3) is 22.0 Å². The van der Waals surface area contributed by atoms with Gasteiger partial charge < -0.3 is 18.9 Å². The maximum atomic E-state index is 12.5. The summed E-state index contributed by atoms with van der Waals surface area (Å²) in [5.74, 6) is 2.48. The monoisotopic (exact) mass is 743 g/mol. The molecule has 0 unspecified atom stereocenters. The first-order valence-electron chi connectivity index (χ1n) is 19.2. The fourth-order valence-electron chi connectivity index (χ4n) is 8.73. The third kappa shape index (κ3) is 6.95. The number of anilines is 2. The largest absolute Gasteiger partial charge is 0.496 e. The molecule has 5 heterocycles. The zero-order valence-electron chi connectivity index (χ0n) is 32.3. The summed E-state index contributed by atoms with van der Waals surface area (Å²) < 4.78 is 13.6. The number of urea groups is 1. The van der Waals surface area contributed by atoms with Gasteiger partial charge >= 0.3 is 6.03 Å². The topological polar surface area (TPSA) is 125 Å². The molecule has 55 heavy (non-hydrogen) atoms. The Kier molecular flexibility index (Phi) is 9.85. The molecule has 286 valence electrons. The van der Waals surface area contributed by atoms with Gasteiger partial charge in [0.1, 0.15) is 11.5 Å². The zero-order chi connectivity index (χ0) is 38.4. The molecule has 3 aromatic carbocycles. The third-order valence-corrected chi connectivity index (χ3v) is 12.0. The van der Waals surface area contributed by atoms with Crippen molar-refractivity contribution in [2.45, 2.75) is 59.0 Å². The summed E-state index contributed by atoms with van der Waals surface area (Å²) in [5, 5.41) is 10.8. The summed E-state index contributed by atoms with van der Waals surface area (Å²) in [6.45, 7) is 8.69. The number of rotatable bonds is 9. The van der Waals surface area contributed by atoms with E-state index in [4.69, 9.17) is 9.47 Å². The summed E-state index contributed by atoms with van der Waals surface area (Å²) in [6, 6.07) is 16.8. The first-order chi connectivity index (χ1) is 26.6. The Morgan fingerprint density at radius 2 is 1.65 bits per heavy atom. The van der Waals surface area contributed by atoms with Gasteiger partial charge in [0.05, 0.1) is 25.3 Å². The molecule has 8 rings (SSSR count). The fourth-order valence-corrected chi connectivity index (χ4v) is 8.73. The van der Waals surface area contributed by atoms with E-state index in [1.807, 2.05) is 26.1 Å². The number of aryl methyl sites for hydroxylation is 1. The van der Waals surface area contributed by atoms with Gasteiger partial charge in [-0.2, -0.15) is 5.10 Å². The number of piperidine rings is 1. The van der Waals surface area contributed by atoms with Gasteiger partial charge in [0, 0.05) is 81.1 Å². The lowest BCUT2D eigenvalue weighted by Gasteiger charge is -2.35. The molecule has 12 heteroatoms. The number of hydrogen-bond acceptors (Lipinski definition) is 8. The molecule has 3 amide bonds. The van der Waals surface area contributed by atoms with Gasteiger partial charge in [0.25, 0.3) is 5.56 Å². The van der Waals surface area contributed by atoms with Crippen molar-refractivity contribution >= 4 is 34.3 Å². The zero-order valence-corrected chi connectivity index (χ0v) is 32.3. The lowest BCUT2D eigenvalue weighted by molar-refractivity contribution is -0.120. The Morgan fingerprint density at radius 1 is 0.891 bits per heavy atom. The van der Waals surface area contributed by atoms with Crippen molar-refractivity contribution in [1.82, 2.24) is 25.0 Å². The van der Waals surface area contributed by atoms with Crippen LogP contribution in [0.2, 0.25) is 0 Å². The van der Waals surface area contributed by atoms with Gasteiger partial charge in [0.2, 0.25) is 5.91 Å². The number of amides is 3. The molecule has 0 spiro atoms. The van der Waals surface area contributed by atoms with E-state index < -0.39 is 6.03 Å². The molecular formula is C43H49N7O5. The van der Waals surface area contributed by atoms with Gasteiger partial charge in [-0.05, 0) is 104 Å². The van der Waals surface area contributed by atoms with Crippen molar-refractivity contribution in [2.75, 3.05) is 50.2 Å². The SMILES string of the molecule is COc1cc(-c2cn(C)c(=O)c(C)c2C)cc(OC)c1CN1CCc2c(CC3CCN(c4ccc5c(N6CCC(=O)NC6=O)n[nH]c5c4)CC3)cccc2C1. The number of fused-ring (bicyclic) bond motifs is 2. The quantitative estimate of drug-likeness (QED) is 0.188. The van der Waals surface area contributed by atoms with E-state index in [2.05, 4.69) is 67.8 Å². The van der Waals surface area contributed by atoms with Gasteiger partial charge in [-0.25, -0.2) is 4.79 Å². The van der Waals surface area contributed by atoms with E-state index in [-0.39, 0.29) is 17.9 Å². The summed E-state index contributed by atoms with van der Waals surface area (Å²) in [6.07, 6.45) is 6.50. The number of carbonyl (C=O) groups is 2. The van der Waals surface area contributed by atoms with Crippen LogP contribution in [0.4, 0.5) is 16.3 Å². The van der Waals surface area contributed by atoms with Crippen molar-refractivity contribution in [3.05, 3.63) is 98.5 Å². The third-order valence-electron chi connectivity index (χ3n) is 12.0. The van der Waals surface area contributed by atoms with E-state index in [1.54, 1.807) is 25.8 Å². The van der Waals surface area contributed by atoms with Gasteiger partial charge in [-0.3, -0.25) is 29.8 Å². The Labute approximate surface area is 321 Å². The molecule has 2 aromatic heterocycles. The number of methoxy groups -OCH3 is 2. The van der Waals surface area contributed by atoms with Crippen LogP contribution in [0.1, 0.15) is 52.6 Å². The van der Waals surface area contributed by atoms with Crippen LogP contribution in [-0.2, 0) is 37.8 Å². The molecule has 0 radical (unpaired) electrons. The van der Waals surface area contributed by atoms with E-state index in [9.17, 15) is 14.4 Å². The molecule has 2 N–H and O–H groups in total. The molecule has 5 aromatic rings. The van der Waals surface area contributed by atoms with E-state index in [0.29, 0.717) is 24.8 Å².